The predicted octanol–water partition coefficient (Wildman–Crippen LogP) is 10.9. The highest BCUT2D eigenvalue weighted by atomic mass is 32.1. The van der Waals surface area contributed by atoms with Crippen molar-refractivity contribution in [3.05, 3.63) is 152 Å². The summed E-state index contributed by atoms with van der Waals surface area (Å²) in [5.74, 6) is 0.667. The van der Waals surface area contributed by atoms with Crippen molar-refractivity contribution in [3.8, 4) is 39.6 Å². The van der Waals surface area contributed by atoms with E-state index in [-0.39, 0.29) is 0 Å². The zero-order valence-electron chi connectivity index (χ0n) is 23.7. The van der Waals surface area contributed by atoms with Gasteiger partial charge < -0.3 is 0 Å². The highest BCUT2D eigenvalue weighted by Gasteiger charge is 2.23. The Morgan fingerprint density at radius 2 is 1.02 bits per heavy atom. The van der Waals surface area contributed by atoms with Gasteiger partial charge in [-0.15, -0.1) is 11.3 Å². The fraction of sp³-hybridized carbons (Fsp3) is 0. The summed E-state index contributed by atoms with van der Waals surface area (Å²) >= 11 is 1.86. The van der Waals surface area contributed by atoms with Crippen molar-refractivity contribution in [2.45, 2.75) is 0 Å². The number of hydrogen-bond acceptors (Lipinski definition) is 3. The van der Waals surface area contributed by atoms with Crippen LogP contribution in [0.5, 0.6) is 0 Å². The average Bonchev–Trinajstić information content (AvgIpc) is 3.65. The maximum Gasteiger partial charge on any atom is 0.235 e. The molecule has 0 unspecified atom stereocenters. The summed E-state index contributed by atoms with van der Waals surface area (Å²) in [7, 11) is 0. The van der Waals surface area contributed by atoms with Gasteiger partial charge in [-0.1, -0.05) is 127 Å². The number of para-hydroxylation sites is 1. The zero-order valence-corrected chi connectivity index (χ0v) is 24.5. The molecule has 0 aliphatic rings. The topological polar surface area (TPSA) is 30.7 Å². The molecule has 3 aromatic heterocycles. The van der Waals surface area contributed by atoms with Gasteiger partial charge in [-0.3, -0.25) is 4.57 Å². The molecule has 0 fully saturated rings. The third kappa shape index (κ3) is 3.89. The molecule has 0 radical (unpaired) electrons. The van der Waals surface area contributed by atoms with Crippen LogP contribution in [0.25, 0.3) is 81.6 Å². The maximum atomic E-state index is 5.28. The molecule has 0 spiro atoms. The number of aromatic nitrogens is 3. The minimum Gasteiger partial charge on any atom is -0.277 e. The lowest BCUT2D eigenvalue weighted by atomic mass is 9.99. The van der Waals surface area contributed by atoms with Gasteiger partial charge in [0.1, 0.15) is 0 Å². The first-order chi connectivity index (χ1) is 21.8. The molecule has 6 aromatic carbocycles. The van der Waals surface area contributed by atoms with E-state index in [9.17, 15) is 0 Å². The zero-order chi connectivity index (χ0) is 29.0. The fourth-order valence-corrected chi connectivity index (χ4v) is 7.67. The van der Waals surface area contributed by atoms with Crippen molar-refractivity contribution >= 4 is 53.3 Å². The summed E-state index contributed by atoms with van der Waals surface area (Å²) in [6.45, 7) is 0. The van der Waals surface area contributed by atoms with Gasteiger partial charge in [0.25, 0.3) is 0 Å². The van der Waals surface area contributed by atoms with Crippen molar-refractivity contribution in [3.63, 3.8) is 0 Å². The summed E-state index contributed by atoms with van der Waals surface area (Å²) in [6.07, 6.45) is 0. The van der Waals surface area contributed by atoms with E-state index in [1.165, 1.54) is 42.1 Å². The number of thiophene rings is 1. The molecule has 0 amide bonds. The standard InChI is InChI=1S/C40H25N3S/c1-4-14-26(15-5-1)31-24-32-29-20-10-12-22-35(29)43(38(32)37-30-21-11-13-23-36(30)44-39(31)37)40-41-33(27-16-6-2-7-17-27)25-34(42-40)28-18-8-3-9-19-28/h1-25H. The Kier molecular flexibility index (Phi) is 5.68. The number of fused-ring (bicyclic) bond motifs is 7. The molecule has 9 rings (SSSR count). The molecule has 4 heteroatoms. The van der Waals surface area contributed by atoms with E-state index in [2.05, 4.69) is 144 Å². The van der Waals surface area contributed by atoms with E-state index in [0.29, 0.717) is 5.95 Å². The SMILES string of the molecule is c1ccc(-c2cc(-c3ccccc3)nc(-n3c4ccccc4c4cc(-c5ccccc5)c5sc6ccccc6c5c43)n2)cc1. The van der Waals surface area contributed by atoms with E-state index in [1.807, 2.05) is 23.5 Å². The van der Waals surface area contributed by atoms with Gasteiger partial charge in [0.2, 0.25) is 5.95 Å². The molecule has 9 aromatic rings. The Hall–Kier alpha value is -5.58. The van der Waals surface area contributed by atoms with E-state index in [1.54, 1.807) is 0 Å². The van der Waals surface area contributed by atoms with Crippen molar-refractivity contribution < 1.29 is 0 Å². The number of nitrogens with zero attached hydrogens (tertiary/aromatic N) is 3. The van der Waals surface area contributed by atoms with Crippen LogP contribution in [0.2, 0.25) is 0 Å². The lowest BCUT2D eigenvalue weighted by Gasteiger charge is -2.13. The van der Waals surface area contributed by atoms with Crippen molar-refractivity contribution in [2.24, 2.45) is 0 Å². The first-order valence-electron chi connectivity index (χ1n) is 14.8. The third-order valence-corrected chi connectivity index (χ3v) is 9.62. The van der Waals surface area contributed by atoms with Crippen LogP contribution in [0.4, 0.5) is 0 Å². The van der Waals surface area contributed by atoms with Crippen molar-refractivity contribution in [1.82, 2.24) is 14.5 Å². The Morgan fingerprint density at radius 3 is 1.68 bits per heavy atom. The second-order valence-electron chi connectivity index (χ2n) is 11.0. The van der Waals surface area contributed by atoms with Gasteiger partial charge >= 0.3 is 0 Å². The van der Waals surface area contributed by atoms with Crippen LogP contribution in [0, 0.1) is 0 Å². The Labute approximate surface area is 258 Å². The second-order valence-corrected chi connectivity index (χ2v) is 12.1. The summed E-state index contributed by atoms with van der Waals surface area (Å²) in [6, 6.07) is 53.4. The average molecular weight is 580 g/mol. The van der Waals surface area contributed by atoms with E-state index in [0.717, 1.165) is 33.5 Å². The third-order valence-electron chi connectivity index (χ3n) is 8.42. The molecular weight excluding hydrogens is 555 g/mol. The molecule has 0 saturated carbocycles. The summed E-state index contributed by atoms with van der Waals surface area (Å²) in [4.78, 5) is 10.6. The molecule has 44 heavy (non-hydrogen) atoms. The van der Waals surface area contributed by atoms with Crippen LogP contribution >= 0.6 is 11.3 Å². The number of hydrogen-bond donors (Lipinski definition) is 0. The normalized spacial score (nSPS) is 11.6. The minimum atomic E-state index is 0.667. The summed E-state index contributed by atoms with van der Waals surface area (Å²) in [5, 5.41) is 4.88. The molecule has 3 nitrogen and oxygen atoms in total. The molecule has 0 aliphatic carbocycles. The fourth-order valence-electron chi connectivity index (χ4n) is 6.43. The van der Waals surface area contributed by atoms with Gasteiger partial charge in [-0.2, -0.15) is 0 Å². The molecule has 0 atom stereocenters. The van der Waals surface area contributed by atoms with Crippen LogP contribution in [-0.2, 0) is 0 Å². The van der Waals surface area contributed by atoms with E-state index >= 15 is 0 Å². The second kappa shape index (κ2) is 10.0. The van der Waals surface area contributed by atoms with Crippen LogP contribution in [0.15, 0.2) is 152 Å². The van der Waals surface area contributed by atoms with Crippen LogP contribution in [0.1, 0.15) is 0 Å². The molecule has 0 aliphatic heterocycles. The minimum absolute atomic E-state index is 0.667. The first-order valence-corrected chi connectivity index (χ1v) is 15.6. The van der Waals surface area contributed by atoms with Gasteiger partial charge in [-0.05, 0) is 29.8 Å². The van der Waals surface area contributed by atoms with E-state index in [4.69, 9.17) is 9.97 Å². The van der Waals surface area contributed by atoms with E-state index < -0.39 is 0 Å². The quantitative estimate of drug-likeness (QED) is 0.208. The van der Waals surface area contributed by atoms with Crippen LogP contribution in [0.3, 0.4) is 0 Å². The van der Waals surface area contributed by atoms with Crippen LogP contribution in [-0.4, -0.2) is 14.5 Å². The smallest absolute Gasteiger partial charge is 0.235 e. The lowest BCUT2D eigenvalue weighted by molar-refractivity contribution is 0.998. The van der Waals surface area contributed by atoms with Crippen molar-refractivity contribution in [2.75, 3.05) is 0 Å². The Morgan fingerprint density at radius 1 is 0.477 bits per heavy atom. The first kappa shape index (κ1) is 25.0. The van der Waals surface area contributed by atoms with Gasteiger partial charge in [0.15, 0.2) is 0 Å². The highest BCUT2D eigenvalue weighted by Crippen LogP contribution is 2.47. The molecule has 0 N–H and O–H groups in total. The summed E-state index contributed by atoms with van der Waals surface area (Å²) < 4.78 is 4.84. The number of benzene rings is 6. The predicted molar refractivity (Wildman–Crippen MR) is 186 cm³/mol. The molecular formula is C40H25N3S. The Bertz CT molecular complexity index is 2420. The maximum absolute atomic E-state index is 5.28. The molecule has 0 saturated heterocycles. The Balaban J connectivity index is 1.46. The highest BCUT2D eigenvalue weighted by molar-refractivity contribution is 7.26. The number of rotatable bonds is 4. The largest absolute Gasteiger partial charge is 0.277 e. The van der Waals surface area contributed by atoms with Crippen molar-refractivity contribution in [1.29, 1.82) is 0 Å². The van der Waals surface area contributed by atoms with Gasteiger partial charge in [0.05, 0.1) is 22.4 Å². The molecule has 3 heterocycles. The van der Waals surface area contributed by atoms with Gasteiger partial charge in [0, 0.05) is 47.6 Å². The molecule has 0 bridgehead atoms. The monoisotopic (exact) mass is 579 g/mol. The van der Waals surface area contributed by atoms with Gasteiger partial charge in [-0.25, -0.2) is 9.97 Å². The lowest BCUT2D eigenvalue weighted by Crippen LogP contribution is -2.04. The molecule has 206 valence electrons. The summed E-state index contributed by atoms with van der Waals surface area (Å²) in [5.41, 5.74) is 8.62. The van der Waals surface area contributed by atoms with Crippen LogP contribution < -0.4 is 0 Å².